The van der Waals surface area contributed by atoms with Crippen LogP contribution in [0.15, 0.2) is 24.3 Å². The number of carbonyl (C=O) groups is 2. The third-order valence-electron chi connectivity index (χ3n) is 5.88. The highest BCUT2D eigenvalue weighted by Crippen LogP contribution is 2.43. The number of likely N-dealkylation sites (tertiary alicyclic amines) is 1. The van der Waals surface area contributed by atoms with Gasteiger partial charge in [-0.05, 0) is 38.3 Å². The number of hydrogen-bond donors (Lipinski definition) is 1. The van der Waals surface area contributed by atoms with Gasteiger partial charge in [0.25, 0.3) is 0 Å². The molecule has 2 heterocycles. The van der Waals surface area contributed by atoms with E-state index in [0.29, 0.717) is 32.4 Å². The minimum Gasteiger partial charge on any atom is -0.393 e. The lowest BCUT2D eigenvalue weighted by molar-refractivity contribution is -0.141. The van der Waals surface area contributed by atoms with Crippen molar-refractivity contribution in [3.05, 3.63) is 29.8 Å². The van der Waals surface area contributed by atoms with Crippen molar-refractivity contribution in [2.75, 3.05) is 24.5 Å². The number of rotatable bonds is 2. The molecule has 4 rings (SSSR count). The Labute approximate surface area is 142 Å². The quantitative estimate of drug-likeness (QED) is 0.899. The summed E-state index contributed by atoms with van der Waals surface area (Å²) in [7, 11) is 0. The summed E-state index contributed by atoms with van der Waals surface area (Å²) in [4.78, 5) is 28.8. The van der Waals surface area contributed by atoms with Gasteiger partial charge in [-0.3, -0.25) is 9.59 Å². The summed E-state index contributed by atoms with van der Waals surface area (Å²) in [6.07, 6.45) is 2.30. The fourth-order valence-corrected chi connectivity index (χ4v) is 4.30. The van der Waals surface area contributed by atoms with Crippen molar-refractivity contribution in [3.63, 3.8) is 0 Å². The number of aliphatic hydroxyl groups excluding tert-OH is 1. The molecule has 3 fully saturated rings. The Morgan fingerprint density at radius 3 is 2.58 bits per heavy atom. The third kappa shape index (κ3) is 2.61. The first-order valence-electron chi connectivity index (χ1n) is 8.80. The fraction of sp³-hybridized carbons (Fsp3) is 0.579. The molecule has 128 valence electrons. The Morgan fingerprint density at radius 1 is 1.21 bits per heavy atom. The van der Waals surface area contributed by atoms with Crippen LogP contribution in [0.5, 0.6) is 0 Å². The van der Waals surface area contributed by atoms with Crippen molar-refractivity contribution < 1.29 is 14.7 Å². The van der Waals surface area contributed by atoms with Crippen molar-refractivity contribution in [2.45, 2.75) is 38.7 Å². The molecule has 2 amide bonds. The summed E-state index contributed by atoms with van der Waals surface area (Å²) < 4.78 is 0. The average Bonchev–Trinajstić information content (AvgIpc) is 3.08. The van der Waals surface area contributed by atoms with Crippen molar-refractivity contribution in [3.8, 4) is 0 Å². The Bertz CT molecular complexity index is 666. The van der Waals surface area contributed by atoms with E-state index in [2.05, 4.69) is 0 Å². The summed E-state index contributed by atoms with van der Waals surface area (Å²) in [5, 5.41) is 9.41. The molecule has 1 saturated carbocycles. The molecule has 0 aromatic heterocycles. The van der Waals surface area contributed by atoms with Gasteiger partial charge in [0.1, 0.15) is 0 Å². The summed E-state index contributed by atoms with van der Waals surface area (Å²) in [5.41, 5.74) is 2.04. The van der Waals surface area contributed by atoms with Crippen LogP contribution in [0.3, 0.4) is 0 Å². The monoisotopic (exact) mass is 328 g/mol. The molecule has 5 heteroatoms. The highest BCUT2D eigenvalue weighted by Gasteiger charge is 2.50. The smallest absolute Gasteiger partial charge is 0.227 e. The van der Waals surface area contributed by atoms with E-state index >= 15 is 0 Å². The first-order valence-corrected chi connectivity index (χ1v) is 8.80. The third-order valence-corrected chi connectivity index (χ3v) is 5.88. The van der Waals surface area contributed by atoms with Crippen LogP contribution in [0.25, 0.3) is 0 Å². The standard InChI is InChI=1S/C19H24N2O3/c1-13-2-4-15(5-3-13)21-12-19(10-17(21)23)6-7-20(11-19)18(24)14-8-16(22)9-14/h2-5,14,16,22H,6-12H2,1H3. The second kappa shape index (κ2) is 5.59. The van der Waals surface area contributed by atoms with Gasteiger partial charge in [0.2, 0.25) is 11.8 Å². The van der Waals surface area contributed by atoms with E-state index in [0.717, 1.165) is 18.7 Å². The molecule has 1 aromatic rings. The predicted molar refractivity (Wildman–Crippen MR) is 90.5 cm³/mol. The maximum atomic E-state index is 12.5. The van der Waals surface area contributed by atoms with E-state index in [1.807, 2.05) is 41.0 Å². The molecule has 3 aliphatic rings. The van der Waals surface area contributed by atoms with Gasteiger partial charge in [0.15, 0.2) is 0 Å². The van der Waals surface area contributed by atoms with Gasteiger partial charge in [-0.1, -0.05) is 17.7 Å². The van der Waals surface area contributed by atoms with E-state index in [-0.39, 0.29) is 29.3 Å². The first-order chi connectivity index (χ1) is 11.5. The average molecular weight is 328 g/mol. The fourth-order valence-electron chi connectivity index (χ4n) is 4.30. The second-order valence-corrected chi connectivity index (χ2v) is 7.82. The number of hydrogen-bond acceptors (Lipinski definition) is 3. The number of amides is 2. The molecule has 1 aromatic carbocycles. The molecule has 1 aliphatic carbocycles. The maximum absolute atomic E-state index is 12.5. The molecule has 1 atom stereocenters. The van der Waals surface area contributed by atoms with E-state index in [1.165, 1.54) is 5.56 Å². The Morgan fingerprint density at radius 2 is 1.92 bits per heavy atom. The van der Waals surface area contributed by atoms with Gasteiger partial charge >= 0.3 is 0 Å². The Hall–Kier alpha value is -1.88. The minimum absolute atomic E-state index is 0.0135. The van der Waals surface area contributed by atoms with Gasteiger partial charge in [0.05, 0.1) is 6.10 Å². The molecular formula is C19H24N2O3. The van der Waals surface area contributed by atoms with Crippen LogP contribution < -0.4 is 4.90 Å². The number of aryl methyl sites for hydroxylation is 1. The number of benzene rings is 1. The van der Waals surface area contributed by atoms with Crippen LogP contribution in [-0.4, -0.2) is 47.6 Å². The molecule has 2 saturated heterocycles. The van der Waals surface area contributed by atoms with Crippen LogP contribution in [0.2, 0.25) is 0 Å². The number of nitrogens with zero attached hydrogens (tertiary/aromatic N) is 2. The summed E-state index contributed by atoms with van der Waals surface area (Å²) in [6.45, 7) is 4.15. The SMILES string of the molecule is Cc1ccc(N2CC3(CCN(C(=O)C4CC(O)C4)C3)CC2=O)cc1. The zero-order valence-electron chi connectivity index (χ0n) is 14.1. The molecule has 1 unspecified atom stereocenters. The van der Waals surface area contributed by atoms with Crippen molar-refractivity contribution in [1.29, 1.82) is 0 Å². The van der Waals surface area contributed by atoms with Crippen LogP contribution in [-0.2, 0) is 9.59 Å². The van der Waals surface area contributed by atoms with Gasteiger partial charge in [0, 0.05) is 43.1 Å². The lowest BCUT2D eigenvalue weighted by Gasteiger charge is -2.34. The van der Waals surface area contributed by atoms with Crippen LogP contribution in [0.4, 0.5) is 5.69 Å². The van der Waals surface area contributed by atoms with Gasteiger partial charge in [-0.2, -0.15) is 0 Å². The first kappa shape index (κ1) is 15.6. The predicted octanol–water partition coefficient (Wildman–Crippen LogP) is 1.72. The molecule has 1 N–H and O–H groups in total. The number of carbonyl (C=O) groups excluding carboxylic acids is 2. The molecular weight excluding hydrogens is 304 g/mol. The Kier molecular flexibility index (Phi) is 3.64. The zero-order valence-corrected chi connectivity index (χ0v) is 14.1. The maximum Gasteiger partial charge on any atom is 0.227 e. The van der Waals surface area contributed by atoms with E-state index in [9.17, 15) is 14.7 Å². The van der Waals surface area contributed by atoms with Crippen molar-refractivity contribution in [1.82, 2.24) is 4.90 Å². The Balaban J connectivity index is 1.44. The largest absolute Gasteiger partial charge is 0.393 e. The highest BCUT2D eigenvalue weighted by molar-refractivity contribution is 5.96. The van der Waals surface area contributed by atoms with Crippen LogP contribution in [0, 0.1) is 18.3 Å². The summed E-state index contributed by atoms with van der Waals surface area (Å²) >= 11 is 0. The minimum atomic E-state index is -0.305. The van der Waals surface area contributed by atoms with Gasteiger partial charge in [-0.25, -0.2) is 0 Å². The normalized spacial score (nSPS) is 32.5. The lowest BCUT2D eigenvalue weighted by atomic mass is 9.81. The van der Waals surface area contributed by atoms with E-state index in [4.69, 9.17) is 0 Å². The number of aliphatic hydroxyl groups is 1. The molecule has 0 radical (unpaired) electrons. The van der Waals surface area contributed by atoms with E-state index < -0.39 is 0 Å². The second-order valence-electron chi connectivity index (χ2n) is 7.82. The van der Waals surface area contributed by atoms with Crippen molar-refractivity contribution >= 4 is 17.5 Å². The van der Waals surface area contributed by atoms with E-state index in [1.54, 1.807) is 0 Å². The number of anilines is 1. The topological polar surface area (TPSA) is 60.9 Å². The van der Waals surface area contributed by atoms with Crippen LogP contribution in [0.1, 0.15) is 31.2 Å². The van der Waals surface area contributed by atoms with Crippen molar-refractivity contribution in [2.24, 2.45) is 11.3 Å². The van der Waals surface area contributed by atoms with Gasteiger partial charge < -0.3 is 14.9 Å². The van der Waals surface area contributed by atoms with Crippen LogP contribution >= 0.6 is 0 Å². The van der Waals surface area contributed by atoms with Gasteiger partial charge in [-0.15, -0.1) is 0 Å². The summed E-state index contributed by atoms with van der Waals surface area (Å²) in [5.74, 6) is 0.311. The molecule has 24 heavy (non-hydrogen) atoms. The lowest BCUT2D eigenvalue weighted by Crippen LogP contribution is -2.43. The molecule has 1 spiro atoms. The highest BCUT2D eigenvalue weighted by atomic mass is 16.3. The zero-order chi connectivity index (χ0) is 16.9. The molecule has 5 nitrogen and oxygen atoms in total. The summed E-state index contributed by atoms with van der Waals surface area (Å²) in [6, 6.07) is 8.06. The molecule has 2 aliphatic heterocycles. The molecule has 0 bridgehead atoms.